The zero-order chi connectivity index (χ0) is 32.9. The number of benzene rings is 5. The lowest BCUT2D eigenvalue weighted by molar-refractivity contribution is 0.663. The first-order chi connectivity index (χ1) is 24.2. The van der Waals surface area contributed by atoms with E-state index in [1.807, 2.05) is 38.1 Å². The SMILES string of the molecule is C/C=C\C(=C/C)c1nc(-c2cccc3c2oc2ccc(-c4ccc5c(c4)CCCCCc4ccccc4-5)cc23)nc2c1oc1ccccc12. The van der Waals surface area contributed by atoms with Gasteiger partial charge >= 0.3 is 0 Å². The summed E-state index contributed by atoms with van der Waals surface area (Å²) in [5.41, 5.74) is 14.6. The molecular weight excluding hydrogens is 601 g/mol. The molecule has 0 aliphatic heterocycles. The molecule has 0 bridgehead atoms. The Kier molecular flexibility index (Phi) is 7.23. The number of hydrogen-bond acceptors (Lipinski definition) is 4. The van der Waals surface area contributed by atoms with Crippen LogP contribution >= 0.6 is 0 Å². The Morgan fingerprint density at radius 3 is 2.20 bits per heavy atom. The second-order valence-corrected chi connectivity index (χ2v) is 13.0. The van der Waals surface area contributed by atoms with Crippen LogP contribution < -0.4 is 0 Å². The van der Waals surface area contributed by atoms with Gasteiger partial charge < -0.3 is 8.83 Å². The molecule has 0 saturated heterocycles. The molecule has 0 amide bonds. The first kappa shape index (κ1) is 29.4. The van der Waals surface area contributed by atoms with Crippen molar-refractivity contribution >= 4 is 49.6 Å². The molecule has 4 heteroatoms. The molecule has 0 radical (unpaired) electrons. The third-order valence-electron chi connectivity index (χ3n) is 10.0. The molecule has 5 aromatic carbocycles. The first-order valence-electron chi connectivity index (χ1n) is 17.4. The van der Waals surface area contributed by atoms with E-state index < -0.39 is 0 Å². The van der Waals surface area contributed by atoms with E-state index in [1.54, 1.807) is 0 Å². The van der Waals surface area contributed by atoms with E-state index in [2.05, 4.69) is 97.1 Å². The van der Waals surface area contributed by atoms with Crippen molar-refractivity contribution in [2.45, 2.75) is 46.0 Å². The minimum Gasteiger partial charge on any atom is -0.455 e. The lowest BCUT2D eigenvalue weighted by atomic mass is 9.90. The maximum Gasteiger partial charge on any atom is 0.180 e. The Labute approximate surface area is 285 Å². The van der Waals surface area contributed by atoms with Crippen molar-refractivity contribution < 1.29 is 8.83 Å². The molecule has 0 N–H and O–H groups in total. The number of furan rings is 2. The molecule has 3 heterocycles. The van der Waals surface area contributed by atoms with E-state index in [-0.39, 0.29) is 0 Å². The first-order valence-corrected chi connectivity index (χ1v) is 17.4. The van der Waals surface area contributed by atoms with Crippen LogP contribution in [0.5, 0.6) is 0 Å². The average molecular weight is 637 g/mol. The van der Waals surface area contributed by atoms with Gasteiger partial charge in [-0.3, -0.25) is 0 Å². The molecule has 0 atom stereocenters. The van der Waals surface area contributed by atoms with Crippen LogP contribution in [0, 0.1) is 0 Å². The number of rotatable bonds is 4. The fraction of sp³-hybridized carbons (Fsp3) is 0.156. The van der Waals surface area contributed by atoms with Crippen LogP contribution in [0.15, 0.2) is 130 Å². The van der Waals surface area contributed by atoms with Gasteiger partial charge in [0.1, 0.15) is 28.0 Å². The van der Waals surface area contributed by atoms with Gasteiger partial charge in [0.15, 0.2) is 11.4 Å². The molecule has 8 aromatic rings. The van der Waals surface area contributed by atoms with Crippen molar-refractivity contribution in [1.29, 1.82) is 0 Å². The predicted octanol–water partition coefficient (Wildman–Crippen LogP) is 12.5. The van der Waals surface area contributed by atoms with Gasteiger partial charge in [0.25, 0.3) is 0 Å². The molecule has 1 aliphatic rings. The lowest BCUT2D eigenvalue weighted by Gasteiger charge is -2.14. The van der Waals surface area contributed by atoms with Crippen molar-refractivity contribution in [3.63, 3.8) is 0 Å². The van der Waals surface area contributed by atoms with Crippen LogP contribution in [0.25, 0.3) is 83.2 Å². The summed E-state index contributed by atoms with van der Waals surface area (Å²) in [6, 6.07) is 36.8. The summed E-state index contributed by atoms with van der Waals surface area (Å²) >= 11 is 0. The van der Waals surface area contributed by atoms with E-state index >= 15 is 0 Å². The van der Waals surface area contributed by atoms with Crippen LogP contribution in [-0.2, 0) is 12.8 Å². The fourth-order valence-corrected chi connectivity index (χ4v) is 7.60. The van der Waals surface area contributed by atoms with Gasteiger partial charge in [0, 0.05) is 16.2 Å². The quantitative estimate of drug-likeness (QED) is 0.180. The van der Waals surface area contributed by atoms with Crippen LogP contribution in [-0.4, -0.2) is 9.97 Å². The van der Waals surface area contributed by atoms with Gasteiger partial charge in [-0.15, -0.1) is 0 Å². The number of allylic oxidation sites excluding steroid dienone is 4. The zero-order valence-electron chi connectivity index (χ0n) is 27.8. The predicted molar refractivity (Wildman–Crippen MR) is 203 cm³/mol. The maximum absolute atomic E-state index is 6.63. The largest absolute Gasteiger partial charge is 0.455 e. The second-order valence-electron chi connectivity index (χ2n) is 13.0. The normalized spacial score (nSPS) is 14.0. The van der Waals surface area contributed by atoms with Crippen molar-refractivity contribution in [1.82, 2.24) is 9.97 Å². The van der Waals surface area contributed by atoms with Gasteiger partial charge in [0.05, 0.1) is 5.56 Å². The number of aromatic nitrogens is 2. The van der Waals surface area contributed by atoms with Gasteiger partial charge in [-0.2, -0.15) is 0 Å². The standard InChI is InChI=1S/C45H36N2O2/c1-3-13-28(4-2)41-44-42(36-18-10-11-21-39(36)49-44)47-45(46-41)37-20-12-19-35-38-27-31(23-25-40(38)48-43(35)37)30-22-24-34-32(26-30)16-7-5-6-14-29-15-8-9-17-33(29)34/h3-4,8-13,15,17-27H,5-7,14,16H2,1-2H3/b13-3-,28-4+. The topological polar surface area (TPSA) is 52.1 Å². The fourth-order valence-electron chi connectivity index (χ4n) is 7.60. The summed E-state index contributed by atoms with van der Waals surface area (Å²) in [4.78, 5) is 10.3. The smallest absolute Gasteiger partial charge is 0.180 e. The van der Waals surface area contributed by atoms with E-state index in [0.717, 1.165) is 68.1 Å². The van der Waals surface area contributed by atoms with Crippen molar-refractivity contribution in [2.24, 2.45) is 0 Å². The van der Waals surface area contributed by atoms with E-state index in [9.17, 15) is 0 Å². The molecule has 9 rings (SSSR count). The van der Waals surface area contributed by atoms with E-state index in [1.165, 1.54) is 52.6 Å². The Balaban J connectivity index is 1.19. The van der Waals surface area contributed by atoms with Gasteiger partial charge in [-0.1, -0.05) is 97.4 Å². The average Bonchev–Trinajstić information content (AvgIpc) is 3.73. The highest BCUT2D eigenvalue weighted by molar-refractivity contribution is 6.11. The molecular formula is C45H36N2O2. The van der Waals surface area contributed by atoms with Crippen LogP contribution in [0.3, 0.4) is 0 Å². The number of nitrogens with zero attached hydrogens (tertiary/aromatic N) is 2. The molecule has 0 unspecified atom stereocenters. The molecule has 0 saturated carbocycles. The van der Waals surface area contributed by atoms with Gasteiger partial charge in [-0.05, 0) is 109 Å². The van der Waals surface area contributed by atoms with Crippen LogP contribution in [0.2, 0.25) is 0 Å². The number of aryl methyl sites for hydroxylation is 2. The van der Waals surface area contributed by atoms with Crippen molar-refractivity contribution in [3.05, 3.63) is 138 Å². The molecule has 3 aromatic heterocycles. The number of para-hydroxylation sites is 2. The van der Waals surface area contributed by atoms with E-state index in [4.69, 9.17) is 18.8 Å². The Morgan fingerprint density at radius 2 is 1.31 bits per heavy atom. The monoisotopic (exact) mass is 636 g/mol. The Hall–Kier alpha value is -5.74. The minimum absolute atomic E-state index is 0.612. The van der Waals surface area contributed by atoms with Crippen molar-refractivity contribution in [2.75, 3.05) is 0 Å². The van der Waals surface area contributed by atoms with E-state index in [0.29, 0.717) is 11.4 Å². The molecule has 238 valence electrons. The maximum atomic E-state index is 6.63. The summed E-state index contributed by atoms with van der Waals surface area (Å²) in [5, 5.41) is 3.10. The molecule has 0 fully saturated rings. The minimum atomic E-state index is 0.612. The third kappa shape index (κ3) is 4.98. The highest BCUT2D eigenvalue weighted by Crippen LogP contribution is 2.40. The summed E-state index contributed by atoms with van der Waals surface area (Å²) < 4.78 is 13.0. The molecule has 4 nitrogen and oxygen atoms in total. The summed E-state index contributed by atoms with van der Waals surface area (Å²) in [6.07, 6.45) is 12.1. The lowest BCUT2D eigenvalue weighted by Crippen LogP contribution is -1.96. The van der Waals surface area contributed by atoms with Crippen LogP contribution in [0.1, 0.15) is 49.9 Å². The number of hydrogen-bond donors (Lipinski definition) is 0. The molecule has 0 spiro atoms. The Bertz CT molecular complexity index is 2620. The highest BCUT2D eigenvalue weighted by Gasteiger charge is 2.21. The zero-order valence-corrected chi connectivity index (χ0v) is 27.8. The second kappa shape index (κ2) is 12.1. The number of fused-ring (bicyclic) bond motifs is 9. The summed E-state index contributed by atoms with van der Waals surface area (Å²) in [7, 11) is 0. The third-order valence-corrected chi connectivity index (χ3v) is 10.0. The van der Waals surface area contributed by atoms with Crippen molar-refractivity contribution in [3.8, 4) is 33.6 Å². The summed E-state index contributed by atoms with van der Waals surface area (Å²) in [5.74, 6) is 0.612. The van der Waals surface area contributed by atoms with Gasteiger partial charge in [-0.25, -0.2) is 9.97 Å². The molecule has 1 aliphatic carbocycles. The molecule has 49 heavy (non-hydrogen) atoms. The Morgan fingerprint density at radius 1 is 0.592 bits per heavy atom. The van der Waals surface area contributed by atoms with Gasteiger partial charge in [0.2, 0.25) is 0 Å². The van der Waals surface area contributed by atoms with Crippen LogP contribution in [0.4, 0.5) is 0 Å². The highest BCUT2D eigenvalue weighted by atomic mass is 16.3. The summed E-state index contributed by atoms with van der Waals surface area (Å²) in [6.45, 7) is 4.03.